The highest BCUT2D eigenvalue weighted by Crippen LogP contribution is 2.22. The van der Waals surface area contributed by atoms with Crippen LogP contribution >= 0.6 is 0 Å². The molecular formula is C12H14N2O. The second-order valence-corrected chi connectivity index (χ2v) is 3.72. The first-order valence-electron chi connectivity index (χ1n) is 4.93. The largest absolute Gasteiger partial charge is 0.388 e. The molecule has 0 atom stereocenters. The SMILES string of the molecule is Cc1ccc(-c2cnc(CO)[nH]2)c(C)c1. The first-order chi connectivity index (χ1) is 7.20. The van der Waals surface area contributed by atoms with E-state index in [1.807, 2.05) is 0 Å². The second-order valence-electron chi connectivity index (χ2n) is 3.72. The number of hydrogen-bond acceptors (Lipinski definition) is 2. The van der Waals surface area contributed by atoms with Gasteiger partial charge in [-0.05, 0) is 19.4 Å². The fourth-order valence-corrected chi connectivity index (χ4v) is 1.70. The molecule has 0 spiro atoms. The molecule has 3 heteroatoms. The van der Waals surface area contributed by atoms with Crippen molar-refractivity contribution in [2.45, 2.75) is 20.5 Å². The molecule has 0 radical (unpaired) electrons. The first-order valence-corrected chi connectivity index (χ1v) is 4.93. The van der Waals surface area contributed by atoms with E-state index in [1.165, 1.54) is 11.1 Å². The Morgan fingerprint density at radius 2 is 2.13 bits per heavy atom. The van der Waals surface area contributed by atoms with E-state index in [1.54, 1.807) is 6.20 Å². The van der Waals surface area contributed by atoms with Gasteiger partial charge in [-0.3, -0.25) is 0 Å². The number of rotatable bonds is 2. The van der Waals surface area contributed by atoms with Crippen LogP contribution in [0.3, 0.4) is 0 Å². The minimum atomic E-state index is -0.0507. The van der Waals surface area contributed by atoms with Gasteiger partial charge in [0.15, 0.2) is 0 Å². The smallest absolute Gasteiger partial charge is 0.132 e. The predicted octanol–water partition coefficient (Wildman–Crippen LogP) is 2.19. The number of imidazole rings is 1. The van der Waals surface area contributed by atoms with Gasteiger partial charge in [-0.2, -0.15) is 0 Å². The number of hydrogen-bond donors (Lipinski definition) is 2. The lowest BCUT2D eigenvalue weighted by Gasteiger charge is -2.03. The zero-order valence-corrected chi connectivity index (χ0v) is 8.91. The third-order valence-corrected chi connectivity index (χ3v) is 2.45. The van der Waals surface area contributed by atoms with E-state index in [2.05, 4.69) is 42.0 Å². The summed E-state index contributed by atoms with van der Waals surface area (Å²) in [5.74, 6) is 0.602. The van der Waals surface area contributed by atoms with Gasteiger partial charge in [0.2, 0.25) is 0 Å². The monoisotopic (exact) mass is 202 g/mol. The molecule has 0 aliphatic heterocycles. The van der Waals surface area contributed by atoms with Gasteiger partial charge in [0.05, 0.1) is 11.9 Å². The summed E-state index contributed by atoms with van der Waals surface area (Å²) in [5, 5.41) is 8.92. The van der Waals surface area contributed by atoms with Crippen molar-refractivity contribution >= 4 is 0 Å². The number of aromatic amines is 1. The Balaban J connectivity index is 2.44. The summed E-state index contributed by atoms with van der Waals surface area (Å²) in [5.41, 5.74) is 4.55. The van der Waals surface area contributed by atoms with Crippen LogP contribution in [0.15, 0.2) is 24.4 Å². The Hall–Kier alpha value is -1.61. The fraction of sp³-hybridized carbons (Fsp3) is 0.250. The number of aliphatic hydroxyl groups is 1. The normalized spacial score (nSPS) is 10.6. The minimum absolute atomic E-state index is 0.0507. The summed E-state index contributed by atoms with van der Waals surface area (Å²) in [6.07, 6.45) is 1.75. The minimum Gasteiger partial charge on any atom is -0.388 e. The summed E-state index contributed by atoms with van der Waals surface area (Å²) in [4.78, 5) is 7.15. The van der Waals surface area contributed by atoms with E-state index in [0.29, 0.717) is 5.82 Å². The third-order valence-electron chi connectivity index (χ3n) is 2.45. The topological polar surface area (TPSA) is 48.9 Å². The maximum atomic E-state index is 8.92. The summed E-state index contributed by atoms with van der Waals surface area (Å²) >= 11 is 0. The van der Waals surface area contributed by atoms with Gasteiger partial charge in [-0.15, -0.1) is 0 Å². The molecule has 0 bridgehead atoms. The van der Waals surface area contributed by atoms with Gasteiger partial charge in [0.1, 0.15) is 12.4 Å². The van der Waals surface area contributed by atoms with Crippen LogP contribution in [-0.4, -0.2) is 15.1 Å². The quantitative estimate of drug-likeness (QED) is 0.784. The molecule has 1 aromatic carbocycles. The van der Waals surface area contributed by atoms with E-state index in [9.17, 15) is 0 Å². The van der Waals surface area contributed by atoms with Crippen LogP contribution in [0.4, 0.5) is 0 Å². The van der Waals surface area contributed by atoms with E-state index < -0.39 is 0 Å². The molecule has 0 amide bonds. The maximum Gasteiger partial charge on any atom is 0.132 e. The number of nitrogens with one attached hydrogen (secondary N) is 1. The molecule has 0 unspecified atom stereocenters. The van der Waals surface area contributed by atoms with Gasteiger partial charge in [0.25, 0.3) is 0 Å². The average molecular weight is 202 g/mol. The lowest BCUT2D eigenvalue weighted by molar-refractivity contribution is 0.272. The molecule has 1 heterocycles. The highest BCUT2D eigenvalue weighted by Gasteiger charge is 2.05. The van der Waals surface area contributed by atoms with Crippen molar-refractivity contribution < 1.29 is 5.11 Å². The predicted molar refractivity (Wildman–Crippen MR) is 59.4 cm³/mol. The van der Waals surface area contributed by atoms with E-state index in [0.717, 1.165) is 11.3 Å². The fourth-order valence-electron chi connectivity index (χ4n) is 1.70. The lowest BCUT2D eigenvalue weighted by Crippen LogP contribution is -1.87. The molecule has 78 valence electrons. The third kappa shape index (κ3) is 1.92. The molecule has 0 saturated heterocycles. The van der Waals surface area contributed by atoms with Crippen molar-refractivity contribution in [1.82, 2.24) is 9.97 Å². The van der Waals surface area contributed by atoms with Crippen LogP contribution in [0.2, 0.25) is 0 Å². The Morgan fingerprint density at radius 1 is 1.33 bits per heavy atom. The Labute approximate surface area is 88.8 Å². The van der Waals surface area contributed by atoms with E-state index >= 15 is 0 Å². The van der Waals surface area contributed by atoms with Crippen LogP contribution in [0.1, 0.15) is 17.0 Å². The Bertz CT molecular complexity index is 474. The highest BCUT2D eigenvalue weighted by molar-refractivity contribution is 5.63. The summed E-state index contributed by atoms with van der Waals surface area (Å²) < 4.78 is 0. The van der Waals surface area contributed by atoms with Crippen molar-refractivity contribution in [3.05, 3.63) is 41.3 Å². The van der Waals surface area contributed by atoms with Crippen LogP contribution in [0.25, 0.3) is 11.3 Å². The van der Waals surface area contributed by atoms with E-state index in [-0.39, 0.29) is 6.61 Å². The van der Waals surface area contributed by atoms with Crippen molar-refractivity contribution in [1.29, 1.82) is 0 Å². The molecule has 15 heavy (non-hydrogen) atoms. The molecule has 0 aliphatic rings. The standard InChI is InChI=1S/C12H14N2O/c1-8-3-4-10(9(2)5-8)11-6-13-12(7-15)14-11/h3-6,15H,7H2,1-2H3,(H,13,14). The zero-order valence-electron chi connectivity index (χ0n) is 8.91. The van der Waals surface area contributed by atoms with Gasteiger partial charge in [-0.1, -0.05) is 23.8 Å². The van der Waals surface area contributed by atoms with Gasteiger partial charge >= 0.3 is 0 Å². The second kappa shape index (κ2) is 3.87. The zero-order chi connectivity index (χ0) is 10.8. The van der Waals surface area contributed by atoms with E-state index in [4.69, 9.17) is 5.11 Å². The maximum absolute atomic E-state index is 8.92. The Kier molecular flexibility index (Phi) is 2.56. The molecular weight excluding hydrogens is 188 g/mol. The van der Waals surface area contributed by atoms with Crippen LogP contribution < -0.4 is 0 Å². The van der Waals surface area contributed by atoms with Crippen LogP contribution in [0.5, 0.6) is 0 Å². The molecule has 2 N–H and O–H groups in total. The van der Waals surface area contributed by atoms with Crippen molar-refractivity contribution in [3.8, 4) is 11.3 Å². The number of H-pyrrole nitrogens is 1. The van der Waals surface area contributed by atoms with Crippen molar-refractivity contribution in [2.24, 2.45) is 0 Å². The first kappa shape index (κ1) is 9.93. The number of aliphatic hydroxyl groups excluding tert-OH is 1. The molecule has 0 saturated carbocycles. The van der Waals surface area contributed by atoms with Crippen molar-refractivity contribution in [2.75, 3.05) is 0 Å². The highest BCUT2D eigenvalue weighted by atomic mass is 16.3. The van der Waals surface area contributed by atoms with Gasteiger partial charge in [0, 0.05) is 5.56 Å². The van der Waals surface area contributed by atoms with Gasteiger partial charge < -0.3 is 10.1 Å². The van der Waals surface area contributed by atoms with Crippen molar-refractivity contribution in [3.63, 3.8) is 0 Å². The number of nitrogens with zero attached hydrogens (tertiary/aromatic N) is 1. The molecule has 2 aromatic rings. The van der Waals surface area contributed by atoms with Crippen LogP contribution in [0, 0.1) is 13.8 Å². The summed E-state index contributed by atoms with van der Waals surface area (Å²) in [6, 6.07) is 6.27. The lowest BCUT2D eigenvalue weighted by atomic mass is 10.0. The number of aryl methyl sites for hydroxylation is 2. The number of aromatic nitrogens is 2. The molecule has 1 aromatic heterocycles. The van der Waals surface area contributed by atoms with Crippen LogP contribution in [-0.2, 0) is 6.61 Å². The molecule has 0 fully saturated rings. The van der Waals surface area contributed by atoms with Gasteiger partial charge in [-0.25, -0.2) is 4.98 Å². The summed E-state index contributed by atoms with van der Waals surface area (Å²) in [6.45, 7) is 4.09. The molecule has 0 aliphatic carbocycles. The Morgan fingerprint density at radius 3 is 2.73 bits per heavy atom. The summed E-state index contributed by atoms with van der Waals surface area (Å²) in [7, 11) is 0. The molecule has 2 rings (SSSR count). The average Bonchev–Trinajstić information content (AvgIpc) is 2.66. The molecule has 3 nitrogen and oxygen atoms in total. The number of benzene rings is 1.